The Labute approximate surface area is 179 Å². The number of hydrogen-bond donors (Lipinski definition) is 1. The fourth-order valence-corrected chi connectivity index (χ4v) is 2.76. The smallest absolute Gasteiger partial charge is 0.331 e. The predicted molar refractivity (Wildman–Crippen MR) is 116 cm³/mol. The van der Waals surface area contributed by atoms with Crippen LogP contribution >= 0.6 is 0 Å². The third-order valence-corrected chi connectivity index (χ3v) is 4.48. The maximum atomic E-state index is 12.2. The monoisotopic (exact) mass is 421 g/mol. The SMILES string of the molecule is Cc1ccc(C)c(NC(=O)CN(C)C(=O)COC(=O)/C=C/c2nc3ccccc3o2)c1. The number of likely N-dealkylation sites (N-methyl/N-ethyl adjacent to an activating group) is 1. The average Bonchev–Trinajstić information content (AvgIpc) is 3.16. The molecule has 0 fully saturated rings. The molecule has 0 spiro atoms. The Balaban J connectivity index is 1.46. The van der Waals surface area contributed by atoms with Crippen LogP contribution in [0.3, 0.4) is 0 Å². The van der Waals surface area contributed by atoms with Crippen LogP contribution < -0.4 is 5.32 Å². The molecule has 0 atom stereocenters. The molecule has 1 aromatic heterocycles. The van der Waals surface area contributed by atoms with Crippen molar-refractivity contribution < 1.29 is 23.5 Å². The highest BCUT2D eigenvalue weighted by molar-refractivity contribution is 5.95. The first kappa shape index (κ1) is 21.8. The summed E-state index contributed by atoms with van der Waals surface area (Å²) in [7, 11) is 1.47. The number of para-hydroxylation sites is 2. The number of oxazole rings is 1. The molecule has 3 aromatic rings. The van der Waals surface area contributed by atoms with Gasteiger partial charge in [0.2, 0.25) is 11.8 Å². The van der Waals surface area contributed by atoms with Gasteiger partial charge in [-0.15, -0.1) is 0 Å². The number of nitrogens with one attached hydrogen (secondary N) is 1. The van der Waals surface area contributed by atoms with Crippen LogP contribution in [0.1, 0.15) is 17.0 Å². The first-order valence-corrected chi connectivity index (χ1v) is 9.63. The molecule has 160 valence electrons. The van der Waals surface area contributed by atoms with Crippen molar-refractivity contribution in [2.45, 2.75) is 13.8 Å². The van der Waals surface area contributed by atoms with E-state index in [4.69, 9.17) is 9.15 Å². The van der Waals surface area contributed by atoms with Gasteiger partial charge in [-0.05, 0) is 43.2 Å². The number of benzene rings is 2. The summed E-state index contributed by atoms with van der Waals surface area (Å²) in [6.45, 7) is 3.17. The molecule has 8 heteroatoms. The second-order valence-corrected chi connectivity index (χ2v) is 7.08. The molecule has 0 saturated carbocycles. The van der Waals surface area contributed by atoms with Crippen molar-refractivity contribution in [1.82, 2.24) is 9.88 Å². The Bertz CT molecular complexity index is 1120. The second-order valence-electron chi connectivity index (χ2n) is 7.08. The molecule has 0 radical (unpaired) electrons. The van der Waals surface area contributed by atoms with Gasteiger partial charge in [0, 0.05) is 24.9 Å². The van der Waals surface area contributed by atoms with Crippen molar-refractivity contribution in [2.24, 2.45) is 0 Å². The summed E-state index contributed by atoms with van der Waals surface area (Å²) in [4.78, 5) is 41.6. The van der Waals surface area contributed by atoms with E-state index in [1.165, 1.54) is 18.0 Å². The van der Waals surface area contributed by atoms with E-state index in [9.17, 15) is 14.4 Å². The van der Waals surface area contributed by atoms with Gasteiger partial charge in [-0.2, -0.15) is 0 Å². The number of esters is 1. The lowest BCUT2D eigenvalue weighted by atomic mass is 10.1. The van der Waals surface area contributed by atoms with E-state index in [1.807, 2.05) is 44.2 Å². The summed E-state index contributed by atoms with van der Waals surface area (Å²) >= 11 is 0. The van der Waals surface area contributed by atoms with E-state index in [2.05, 4.69) is 10.3 Å². The lowest BCUT2D eigenvalue weighted by Gasteiger charge is -2.17. The molecule has 0 aliphatic heterocycles. The van der Waals surface area contributed by atoms with Crippen LogP contribution in [0.5, 0.6) is 0 Å². The number of amides is 2. The molecule has 0 bridgehead atoms. The van der Waals surface area contributed by atoms with Crippen LogP contribution in [0.2, 0.25) is 0 Å². The van der Waals surface area contributed by atoms with Crippen LogP contribution in [-0.2, 0) is 19.1 Å². The minimum Gasteiger partial charge on any atom is -0.452 e. The van der Waals surface area contributed by atoms with Crippen molar-refractivity contribution in [3.8, 4) is 0 Å². The summed E-state index contributed by atoms with van der Waals surface area (Å²) in [5, 5.41) is 2.78. The number of nitrogens with zero attached hydrogens (tertiary/aromatic N) is 2. The van der Waals surface area contributed by atoms with Gasteiger partial charge in [0.25, 0.3) is 5.91 Å². The summed E-state index contributed by atoms with van der Waals surface area (Å²) in [5.41, 5.74) is 3.91. The topological polar surface area (TPSA) is 102 Å². The third kappa shape index (κ3) is 6.02. The van der Waals surface area contributed by atoms with Crippen LogP contribution in [-0.4, -0.2) is 47.9 Å². The fraction of sp³-hybridized carbons (Fsp3) is 0.217. The predicted octanol–water partition coefficient (Wildman–Crippen LogP) is 3.10. The van der Waals surface area contributed by atoms with Crippen molar-refractivity contribution in [2.75, 3.05) is 25.5 Å². The fourth-order valence-electron chi connectivity index (χ4n) is 2.76. The molecular weight excluding hydrogens is 398 g/mol. The first-order chi connectivity index (χ1) is 14.8. The summed E-state index contributed by atoms with van der Waals surface area (Å²) in [6, 6.07) is 12.9. The quantitative estimate of drug-likeness (QED) is 0.465. The van der Waals surface area contributed by atoms with E-state index in [0.717, 1.165) is 17.2 Å². The summed E-state index contributed by atoms with van der Waals surface area (Å²) in [6.07, 6.45) is 2.50. The number of hydrogen-bond acceptors (Lipinski definition) is 6. The zero-order chi connectivity index (χ0) is 22.4. The van der Waals surface area contributed by atoms with Crippen molar-refractivity contribution >= 4 is 40.6 Å². The molecule has 0 aliphatic rings. The summed E-state index contributed by atoms with van der Waals surface area (Å²) in [5.74, 6) is -1.31. The maximum Gasteiger partial charge on any atom is 0.331 e. The lowest BCUT2D eigenvalue weighted by Crippen LogP contribution is -2.37. The van der Waals surface area contributed by atoms with E-state index >= 15 is 0 Å². The van der Waals surface area contributed by atoms with Gasteiger partial charge in [-0.3, -0.25) is 9.59 Å². The van der Waals surface area contributed by atoms with E-state index < -0.39 is 18.5 Å². The van der Waals surface area contributed by atoms with Crippen molar-refractivity contribution in [1.29, 1.82) is 0 Å². The Morgan fingerprint density at radius 2 is 1.94 bits per heavy atom. The van der Waals surface area contributed by atoms with Crippen molar-refractivity contribution in [3.05, 3.63) is 65.6 Å². The van der Waals surface area contributed by atoms with Crippen molar-refractivity contribution in [3.63, 3.8) is 0 Å². The number of aryl methyl sites for hydroxylation is 2. The highest BCUT2D eigenvalue weighted by atomic mass is 16.5. The molecule has 8 nitrogen and oxygen atoms in total. The zero-order valence-electron chi connectivity index (χ0n) is 17.5. The highest BCUT2D eigenvalue weighted by Gasteiger charge is 2.15. The van der Waals surface area contributed by atoms with Gasteiger partial charge in [-0.1, -0.05) is 24.3 Å². The molecule has 0 aliphatic carbocycles. The number of ether oxygens (including phenoxy) is 1. The van der Waals surface area contributed by atoms with Crippen LogP contribution in [0, 0.1) is 13.8 Å². The number of rotatable bonds is 7. The molecule has 3 rings (SSSR count). The Morgan fingerprint density at radius 1 is 1.16 bits per heavy atom. The number of aromatic nitrogens is 1. The zero-order valence-corrected chi connectivity index (χ0v) is 17.5. The minimum absolute atomic E-state index is 0.164. The Morgan fingerprint density at radius 3 is 2.71 bits per heavy atom. The Kier molecular flexibility index (Phi) is 6.81. The normalized spacial score (nSPS) is 10.9. The van der Waals surface area contributed by atoms with Crippen LogP contribution in [0.25, 0.3) is 17.2 Å². The highest BCUT2D eigenvalue weighted by Crippen LogP contribution is 2.16. The average molecular weight is 421 g/mol. The van der Waals surface area contributed by atoms with Gasteiger partial charge in [-0.25, -0.2) is 9.78 Å². The molecule has 0 saturated heterocycles. The lowest BCUT2D eigenvalue weighted by molar-refractivity contribution is -0.148. The molecule has 0 unspecified atom stereocenters. The largest absolute Gasteiger partial charge is 0.452 e. The number of carbonyl (C=O) groups excluding carboxylic acids is 3. The molecule has 31 heavy (non-hydrogen) atoms. The van der Waals surface area contributed by atoms with Gasteiger partial charge in [0.05, 0.1) is 6.54 Å². The van der Waals surface area contributed by atoms with Crippen LogP contribution in [0.4, 0.5) is 5.69 Å². The van der Waals surface area contributed by atoms with E-state index in [-0.39, 0.29) is 18.3 Å². The van der Waals surface area contributed by atoms with Gasteiger partial charge in [0.1, 0.15) is 5.52 Å². The van der Waals surface area contributed by atoms with E-state index in [0.29, 0.717) is 16.8 Å². The Hall–Kier alpha value is -3.94. The molecule has 1 N–H and O–H groups in total. The third-order valence-electron chi connectivity index (χ3n) is 4.48. The summed E-state index contributed by atoms with van der Waals surface area (Å²) < 4.78 is 10.4. The standard InChI is InChI=1S/C23H23N3O5/c1-15-8-9-16(2)18(12-15)24-20(27)13-26(3)22(28)14-30-23(29)11-10-21-25-17-6-4-5-7-19(17)31-21/h4-12H,13-14H2,1-3H3,(H,24,27)/b11-10+. The van der Waals surface area contributed by atoms with Gasteiger partial charge >= 0.3 is 5.97 Å². The van der Waals surface area contributed by atoms with E-state index in [1.54, 1.807) is 12.1 Å². The minimum atomic E-state index is -0.719. The maximum absolute atomic E-state index is 12.2. The van der Waals surface area contributed by atoms with Crippen LogP contribution in [0.15, 0.2) is 53.0 Å². The number of anilines is 1. The molecule has 2 amide bonds. The van der Waals surface area contributed by atoms with Gasteiger partial charge in [0.15, 0.2) is 12.2 Å². The van der Waals surface area contributed by atoms with Gasteiger partial charge < -0.3 is 19.4 Å². The molecular formula is C23H23N3O5. The molecule has 2 aromatic carbocycles. The molecule has 1 heterocycles. The first-order valence-electron chi connectivity index (χ1n) is 9.63. The second kappa shape index (κ2) is 9.71. The number of fused-ring (bicyclic) bond motifs is 1. The number of carbonyl (C=O) groups is 3.